The number of aryl methyl sites for hydroxylation is 1. The highest BCUT2D eigenvalue weighted by Gasteiger charge is 2.17. The lowest BCUT2D eigenvalue weighted by Gasteiger charge is -2.13. The number of carbonyl (C=O) groups is 1. The number of nitrogens with one attached hydrogen (secondary N) is 2. The van der Waals surface area contributed by atoms with Crippen LogP contribution in [0.5, 0.6) is 5.75 Å². The zero-order valence-corrected chi connectivity index (χ0v) is 21.3. The SMILES string of the molecule is COc1c(C)cc(Br)cc1C(=O)NC(=S)Nc1ccc2nn(-c3cccc4ccccc34)nc2c1. The molecule has 0 saturated carbocycles. The zero-order chi connectivity index (χ0) is 24.5. The number of amides is 1. The van der Waals surface area contributed by atoms with Crippen LogP contribution in [-0.4, -0.2) is 33.1 Å². The lowest BCUT2D eigenvalue weighted by Crippen LogP contribution is -2.34. The van der Waals surface area contributed by atoms with E-state index in [1.165, 1.54) is 7.11 Å². The molecule has 0 saturated heterocycles. The first-order valence-electron chi connectivity index (χ1n) is 10.7. The molecule has 35 heavy (non-hydrogen) atoms. The average Bonchev–Trinajstić information content (AvgIpc) is 3.26. The Morgan fingerprint density at radius 2 is 1.77 bits per heavy atom. The lowest BCUT2D eigenvalue weighted by atomic mass is 10.1. The van der Waals surface area contributed by atoms with Gasteiger partial charge in [0.05, 0.1) is 18.4 Å². The van der Waals surface area contributed by atoms with Crippen LogP contribution < -0.4 is 15.4 Å². The number of fused-ring (bicyclic) bond motifs is 2. The minimum absolute atomic E-state index is 0.162. The van der Waals surface area contributed by atoms with Gasteiger partial charge in [-0.25, -0.2) is 0 Å². The van der Waals surface area contributed by atoms with Crippen LogP contribution in [0.25, 0.3) is 27.5 Å². The van der Waals surface area contributed by atoms with Gasteiger partial charge in [0.25, 0.3) is 5.91 Å². The fourth-order valence-electron chi connectivity index (χ4n) is 3.99. The zero-order valence-electron chi connectivity index (χ0n) is 18.9. The standard InChI is InChI=1S/C26H20BrN5O2S/c1-15-12-17(27)13-20(24(15)34-2)25(33)29-26(35)28-18-10-11-21-22(14-18)31-32(30-21)23-9-5-7-16-6-3-4-8-19(16)23/h3-14H,1-2H3,(H2,28,29,33,35). The molecule has 7 nitrogen and oxygen atoms in total. The van der Waals surface area contributed by atoms with Crippen molar-refractivity contribution >= 4 is 66.7 Å². The van der Waals surface area contributed by atoms with Crippen molar-refractivity contribution in [3.05, 3.63) is 88.4 Å². The Hall–Kier alpha value is -3.82. The minimum Gasteiger partial charge on any atom is -0.496 e. The molecule has 1 aromatic heterocycles. The van der Waals surface area contributed by atoms with E-state index in [1.807, 2.05) is 55.5 Å². The molecule has 5 rings (SSSR count). The maximum absolute atomic E-state index is 12.8. The first-order valence-corrected chi connectivity index (χ1v) is 11.9. The summed E-state index contributed by atoms with van der Waals surface area (Å²) < 4.78 is 6.18. The summed E-state index contributed by atoms with van der Waals surface area (Å²) in [6.07, 6.45) is 0. The Balaban J connectivity index is 1.37. The number of carbonyl (C=O) groups excluding carboxylic acids is 1. The molecule has 9 heteroatoms. The van der Waals surface area contributed by atoms with Crippen LogP contribution >= 0.6 is 28.1 Å². The van der Waals surface area contributed by atoms with E-state index in [0.29, 0.717) is 22.5 Å². The van der Waals surface area contributed by atoms with Gasteiger partial charge in [-0.05, 0) is 66.5 Å². The number of methoxy groups -OCH3 is 1. The third kappa shape index (κ3) is 4.60. The van der Waals surface area contributed by atoms with Crippen molar-refractivity contribution in [1.82, 2.24) is 20.3 Å². The van der Waals surface area contributed by atoms with Crippen molar-refractivity contribution < 1.29 is 9.53 Å². The predicted octanol–water partition coefficient (Wildman–Crippen LogP) is 5.78. The number of anilines is 1. The summed E-state index contributed by atoms with van der Waals surface area (Å²) in [5, 5.41) is 17.4. The maximum Gasteiger partial charge on any atom is 0.261 e. The number of rotatable bonds is 4. The first kappa shape index (κ1) is 22.9. The summed E-state index contributed by atoms with van der Waals surface area (Å²) in [4.78, 5) is 14.5. The number of hydrogen-bond acceptors (Lipinski definition) is 5. The summed E-state index contributed by atoms with van der Waals surface area (Å²) in [6.45, 7) is 1.87. The molecule has 174 valence electrons. The largest absolute Gasteiger partial charge is 0.496 e. The average molecular weight is 546 g/mol. The van der Waals surface area contributed by atoms with Crippen LogP contribution in [0.4, 0.5) is 5.69 Å². The number of nitrogens with zero attached hydrogens (tertiary/aromatic N) is 3. The van der Waals surface area contributed by atoms with Crippen molar-refractivity contribution in [2.24, 2.45) is 0 Å². The van der Waals surface area contributed by atoms with Gasteiger partial charge in [-0.1, -0.05) is 52.3 Å². The van der Waals surface area contributed by atoms with Gasteiger partial charge in [0.15, 0.2) is 5.11 Å². The summed E-state index contributed by atoms with van der Waals surface area (Å²) >= 11 is 8.80. The van der Waals surface area contributed by atoms with Gasteiger partial charge < -0.3 is 10.1 Å². The predicted molar refractivity (Wildman–Crippen MR) is 145 cm³/mol. The topological polar surface area (TPSA) is 81.1 Å². The van der Waals surface area contributed by atoms with E-state index in [1.54, 1.807) is 10.9 Å². The molecule has 0 aliphatic carbocycles. The van der Waals surface area contributed by atoms with Crippen LogP contribution in [0.3, 0.4) is 0 Å². The molecule has 5 aromatic rings. The van der Waals surface area contributed by atoms with Crippen LogP contribution in [0.15, 0.2) is 77.3 Å². The molecule has 0 spiro atoms. The van der Waals surface area contributed by atoms with Gasteiger partial charge in [-0.15, -0.1) is 15.0 Å². The monoisotopic (exact) mass is 545 g/mol. The van der Waals surface area contributed by atoms with Gasteiger partial charge in [-0.3, -0.25) is 10.1 Å². The van der Waals surface area contributed by atoms with E-state index in [2.05, 4.69) is 55.0 Å². The van der Waals surface area contributed by atoms with Gasteiger partial charge in [0, 0.05) is 15.5 Å². The first-order chi connectivity index (χ1) is 16.9. The number of hydrogen-bond donors (Lipinski definition) is 2. The number of ether oxygens (including phenoxy) is 1. The van der Waals surface area contributed by atoms with E-state index in [4.69, 9.17) is 17.0 Å². The summed E-state index contributed by atoms with van der Waals surface area (Å²) in [6, 6.07) is 23.3. The van der Waals surface area contributed by atoms with E-state index < -0.39 is 0 Å². The molecule has 0 radical (unpaired) electrons. The van der Waals surface area contributed by atoms with E-state index in [-0.39, 0.29) is 11.0 Å². The molecular weight excluding hydrogens is 526 g/mol. The molecule has 0 aliphatic heterocycles. The highest BCUT2D eigenvalue weighted by atomic mass is 79.9. The van der Waals surface area contributed by atoms with Gasteiger partial charge in [0.1, 0.15) is 16.8 Å². The fourth-order valence-corrected chi connectivity index (χ4v) is 4.77. The van der Waals surface area contributed by atoms with Crippen LogP contribution in [0.1, 0.15) is 15.9 Å². The highest BCUT2D eigenvalue weighted by molar-refractivity contribution is 9.10. The Labute approximate surface area is 215 Å². The van der Waals surface area contributed by atoms with E-state index >= 15 is 0 Å². The summed E-state index contributed by atoms with van der Waals surface area (Å²) in [5.41, 5.74) is 4.25. The molecule has 0 bridgehead atoms. The third-order valence-electron chi connectivity index (χ3n) is 5.54. The third-order valence-corrected chi connectivity index (χ3v) is 6.20. The van der Waals surface area contributed by atoms with E-state index in [9.17, 15) is 4.79 Å². The quantitative estimate of drug-likeness (QED) is 0.278. The van der Waals surface area contributed by atoms with Crippen molar-refractivity contribution in [2.75, 3.05) is 12.4 Å². The number of halogens is 1. The van der Waals surface area contributed by atoms with Crippen LogP contribution in [-0.2, 0) is 0 Å². The van der Waals surface area contributed by atoms with Crippen LogP contribution in [0.2, 0.25) is 0 Å². The van der Waals surface area contributed by atoms with Crippen LogP contribution in [0, 0.1) is 6.92 Å². The van der Waals surface area contributed by atoms with Crippen molar-refractivity contribution in [1.29, 1.82) is 0 Å². The molecule has 4 aromatic carbocycles. The smallest absolute Gasteiger partial charge is 0.261 e. The van der Waals surface area contributed by atoms with Gasteiger partial charge in [-0.2, -0.15) is 0 Å². The Kier molecular flexibility index (Phi) is 6.19. The lowest BCUT2D eigenvalue weighted by molar-refractivity contribution is 0.0974. The maximum atomic E-state index is 12.8. The van der Waals surface area contributed by atoms with Crippen molar-refractivity contribution in [3.8, 4) is 11.4 Å². The Morgan fingerprint density at radius 3 is 2.60 bits per heavy atom. The normalized spacial score (nSPS) is 10.9. The number of benzene rings is 4. The molecule has 0 atom stereocenters. The van der Waals surface area contributed by atoms with Crippen molar-refractivity contribution in [2.45, 2.75) is 6.92 Å². The van der Waals surface area contributed by atoms with Gasteiger partial charge >= 0.3 is 0 Å². The Bertz CT molecular complexity index is 1610. The molecule has 0 aliphatic rings. The molecule has 2 N–H and O–H groups in total. The summed E-state index contributed by atoms with van der Waals surface area (Å²) in [5.74, 6) is 0.131. The Morgan fingerprint density at radius 1 is 1.00 bits per heavy atom. The molecule has 1 amide bonds. The fraction of sp³-hybridized carbons (Fsp3) is 0.0769. The molecule has 0 unspecified atom stereocenters. The van der Waals surface area contributed by atoms with Gasteiger partial charge in [0.2, 0.25) is 0 Å². The number of aromatic nitrogens is 3. The minimum atomic E-state index is -0.369. The second-order valence-corrected chi connectivity index (χ2v) is 9.23. The molecular formula is C26H20BrN5O2S. The summed E-state index contributed by atoms with van der Waals surface area (Å²) in [7, 11) is 1.53. The molecule has 0 fully saturated rings. The highest BCUT2D eigenvalue weighted by Crippen LogP contribution is 2.28. The number of thiocarbonyl (C=S) groups is 1. The van der Waals surface area contributed by atoms with Crippen molar-refractivity contribution in [3.63, 3.8) is 0 Å². The molecule has 1 heterocycles. The second-order valence-electron chi connectivity index (χ2n) is 7.90. The van der Waals surface area contributed by atoms with E-state index in [0.717, 1.165) is 32.0 Å². The second kappa shape index (κ2) is 9.44.